The molecule has 130 valence electrons. The first-order chi connectivity index (χ1) is 11.4. The number of aliphatic hydroxyl groups excluding tert-OH is 2. The van der Waals surface area contributed by atoms with Gasteiger partial charge in [-0.1, -0.05) is 24.6 Å². The molecule has 6 nitrogen and oxygen atoms in total. The molecule has 0 aliphatic heterocycles. The van der Waals surface area contributed by atoms with Crippen molar-refractivity contribution >= 4 is 27.9 Å². The van der Waals surface area contributed by atoms with Crippen molar-refractivity contribution in [2.75, 3.05) is 32.1 Å². The number of aryl methyl sites for hydroxylation is 1. The van der Waals surface area contributed by atoms with E-state index in [0.717, 1.165) is 11.3 Å². The molecular formula is C17H23N3O3S. The summed E-state index contributed by atoms with van der Waals surface area (Å²) in [5.74, 6) is -0.251. The van der Waals surface area contributed by atoms with E-state index < -0.39 is 5.41 Å². The number of benzene rings is 1. The summed E-state index contributed by atoms with van der Waals surface area (Å²) < 4.78 is 0. The molecule has 24 heavy (non-hydrogen) atoms. The molecule has 2 rings (SSSR count). The first kappa shape index (κ1) is 18.4. The number of rotatable bonds is 7. The predicted molar refractivity (Wildman–Crippen MR) is 95.8 cm³/mol. The normalized spacial score (nSPS) is 11.4. The molecule has 0 atom stereocenters. The molecule has 0 saturated carbocycles. The molecule has 0 unspecified atom stereocenters. The van der Waals surface area contributed by atoms with Crippen LogP contribution in [0.4, 0.5) is 10.7 Å². The number of amides is 1. The fourth-order valence-corrected chi connectivity index (χ4v) is 2.92. The van der Waals surface area contributed by atoms with Crippen LogP contribution in [-0.4, -0.2) is 52.8 Å². The fraction of sp³-hybridized carbons (Fsp3) is 0.412. The van der Waals surface area contributed by atoms with Gasteiger partial charge in [0.05, 0.1) is 18.7 Å². The van der Waals surface area contributed by atoms with Gasteiger partial charge in [-0.25, -0.2) is 4.98 Å². The number of carbonyl (C=O) groups is 1. The number of aliphatic hydroxyl groups is 2. The van der Waals surface area contributed by atoms with Crippen molar-refractivity contribution in [1.29, 1.82) is 0 Å². The summed E-state index contributed by atoms with van der Waals surface area (Å²) >= 11 is 1.36. The third kappa shape index (κ3) is 4.31. The van der Waals surface area contributed by atoms with E-state index in [1.165, 1.54) is 16.2 Å². The van der Waals surface area contributed by atoms with Crippen molar-refractivity contribution in [3.8, 4) is 0 Å². The van der Waals surface area contributed by atoms with Gasteiger partial charge in [0.25, 0.3) is 5.91 Å². The van der Waals surface area contributed by atoms with Gasteiger partial charge < -0.3 is 20.4 Å². The van der Waals surface area contributed by atoms with Crippen molar-refractivity contribution in [3.05, 3.63) is 41.0 Å². The number of hydrogen-bond acceptors (Lipinski definition) is 6. The molecule has 1 aromatic heterocycles. The summed E-state index contributed by atoms with van der Waals surface area (Å²) in [6.07, 6.45) is 0. The quantitative estimate of drug-likeness (QED) is 0.714. The Morgan fingerprint density at radius 3 is 2.50 bits per heavy atom. The molecule has 1 amide bonds. The van der Waals surface area contributed by atoms with E-state index in [0.29, 0.717) is 10.7 Å². The van der Waals surface area contributed by atoms with E-state index in [9.17, 15) is 15.0 Å². The summed E-state index contributed by atoms with van der Waals surface area (Å²) in [6.45, 7) is 3.57. The Labute approximate surface area is 145 Å². The second-order valence-corrected chi connectivity index (χ2v) is 7.16. The van der Waals surface area contributed by atoms with Gasteiger partial charge in [0.1, 0.15) is 5.00 Å². The Kier molecular flexibility index (Phi) is 5.93. The number of nitrogens with one attached hydrogen (secondary N) is 1. The number of aromatic nitrogens is 1. The highest BCUT2D eigenvalue weighted by atomic mass is 32.1. The maximum absolute atomic E-state index is 12.6. The van der Waals surface area contributed by atoms with Gasteiger partial charge in [0, 0.05) is 24.7 Å². The van der Waals surface area contributed by atoms with E-state index in [1.807, 2.05) is 31.2 Å². The molecule has 2 aromatic rings. The second-order valence-electron chi connectivity index (χ2n) is 6.31. The number of thiazole rings is 1. The van der Waals surface area contributed by atoms with Gasteiger partial charge in [-0.3, -0.25) is 4.79 Å². The lowest BCUT2D eigenvalue weighted by molar-refractivity contribution is 0.0364. The number of nitrogens with zero attached hydrogens (tertiary/aromatic N) is 2. The SMILES string of the molecule is Cc1ccc(Nc2scnc2C(=O)N(C)CC(C)(CO)CO)cc1. The predicted octanol–water partition coefficient (Wildman–Crippen LogP) is 2.26. The first-order valence-corrected chi connectivity index (χ1v) is 8.51. The maximum Gasteiger partial charge on any atom is 0.275 e. The molecule has 3 N–H and O–H groups in total. The number of carbonyl (C=O) groups excluding carboxylic acids is 1. The third-order valence-electron chi connectivity index (χ3n) is 3.81. The van der Waals surface area contributed by atoms with Crippen LogP contribution in [-0.2, 0) is 0 Å². The molecule has 1 heterocycles. The van der Waals surface area contributed by atoms with E-state index in [1.54, 1.807) is 19.5 Å². The Balaban J connectivity index is 2.13. The van der Waals surface area contributed by atoms with Crippen LogP contribution in [0, 0.1) is 12.3 Å². The minimum Gasteiger partial charge on any atom is -0.396 e. The lowest BCUT2D eigenvalue weighted by Gasteiger charge is -2.30. The molecular weight excluding hydrogens is 326 g/mol. The average Bonchev–Trinajstić information content (AvgIpc) is 3.04. The standard InChI is InChI=1S/C17H23N3O3S/c1-12-4-6-13(7-5-12)19-15-14(18-11-24-15)16(23)20(3)8-17(2,9-21)10-22/h4-7,11,19,21-22H,8-10H2,1-3H3. The van der Waals surface area contributed by atoms with E-state index in [4.69, 9.17) is 0 Å². The largest absolute Gasteiger partial charge is 0.396 e. The number of hydrogen-bond donors (Lipinski definition) is 3. The van der Waals surface area contributed by atoms with Gasteiger partial charge in [-0.2, -0.15) is 0 Å². The lowest BCUT2D eigenvalue weighted by Crippen LogP contribution is -2.41. The van der Waals surface area contributed by atoms with Gasteiger partial charge in [-0.05, 0) is 19.1 Å². The van der Waals surface area contributed by atoms with Crippen LogP contribution in [0.25, 0.3) is 0 Å². The monoisotopic (exact) mass is 349 g/mol. The Morgan fingerprint density at radius 2 is 1.92 bits per heavy atom. The van der Waals surface area contributed by atoms with Crippen molar-refractivity contribution < 1.29 is 15.0 Å². The smallest absolute Gasteiger partial charge is 0.275 e. The molecule has 1 aromatic carbocycles. The van der Waals surface area contributed by atoms with Crippen LogP contribution in [0.2, 0.25) is 0 Å². The van der Waals surface area contributed by atoms with Crippen LogP contribution in [0.3, 0.4) is 0 Å². The maximum atomic E-state index is 12.6. The lowest BCUT2D eigenvalue weighted by atomic mass is 9.92. The zero-order chi connectivity index (χ0) is 17.7. The summed E-state index contributed by atoms with van der Waals surface area (Å²) in [7, 11) is 1.64. The highest BCUT2D eigenvalue weighted by Crippen LogP contribution is 2.27. The summed E-state index contributed by atoms with van der Waals surface area (Å²) in [4.78, 5) is 18.3. The Morgan fingerprint density at radius 1 is 1.29 bits per heavy atom. The van der Waals surface area contributed by atoms with Crippen molar-refractivity contribution in [3.63, 3.8) is 0 Å². The highest BCUT2D eigenvalue weighted by Gasteiger charge is 2.28. The van der Waals surface area contributed by atoms with Crippen LogP contribution in [0.15, 0.2) is 29.8 Å². The summed E-state index contributed by atoms with van der Waals surface area (Å²) in [5.41, 5.74) is 3.26. The zero-order valence-electron chi connectivity index (χ0n) is 14.1. The fourth-order valence-electron chi connectivity index (χ4n) is 2.23. The average molecular weight is 349 g/mol. The molecule has 0 bridgehead atoms. The molecule has 0 spiro atoms. The molecule has 0 fully saturated rings. The van der Waals surface area contributed by atoms with Crippen molar-refractivity contribution in [2.24, 2.45) is 5.41 Å². The molecule has 0 aliphatic rings. The van der Waals surface area contributed by atoms with Crippen molar-refractivity contribution in [2.45, 2.75) is 13.8 Å². The Hall–Kier alpha value is -1.96. The highest BCUT2D eigenvalue weighted by molar-refractivity contribution is 7.14. The molecule has 7 heteroatoms. The van der Waals surface area contributed by atoms with E-state index in [2.05, 4.69) is 10.3 Å². The summed E-state index contributed by atoms with van der Waals surface area (Å²) in [5, 5.41) is 22.7. The minimum atomic E-state index is -0.745. The molecule has 0 saturated heterocycles. The van der Waals surface area contributed by atoms with Crippen LogP contribution in [0.5, 0.6) is 0 Å². The van der Waals surface area contributed by atoms with Gasteiger partial charge in [0.15, 0.2) is 5.69 Å². The molecule has 0 aliphatic carbocycles. The van der Waals surface area contributed by atoms with Gasteiger partial charge >= 0.3 is 0 Å². The van der Waals surface area contributed by atoms with E-state index >= 15 is 0 Å². The van der Waals surface area contributed by atoms with Crippen LogP contribution >= 0.6 is 11.3 Å². The third-order valence-corrected chi connectivity index (χ3v) is 4.55. The molecule has 0 radical (unpaired) electrons. The van der Waals surface area contributed by atoms with E-state index in [-0.39, 0.29) is 25.7 Å². The van der Waals surface area contributed by atoms with Gasteiger partial charge in [0.2, 0.25) is 0 Å². The van der Waals surface area contributed by atoms with Gasteiger partial charge in [-0.15, -0.1) is 11.3 Å². The van der Waals surface area contributed by atoms with Crippen molar-refractivity contribution in [1.82, 2.24) is 9.88 Å². The van der Waals surface area contributed by atoms with Crippen LogP contribution in [0.1, 0.15) is 23.0 Å². The first-order valence-electron chi connectivity index (χ1n) is 7.63. The minimum absolute atomic E-state index is 0.202. The zero-order valence-corrected chi connectivity index (χ0v) is 14.9. The van der Waals surface area contributed by atoms with Crippen LogP contribution < -0.4 is 5.32 Å². The summed E-state index contributed by atoms with van der Waals surface area (Å²) in [6, 6.07) is 7.87. The topological polar surface area (TPSA) is 85.7 Å². The number of anilines is 2. The second kappa shape index (κ2) is 7.74. The Bertz CT molecular complexity index is 681.